The molecule has 146 valence electrons. The van der Waals surface area contributed by atoms with Gasteiger partial charge in [0.25, 0.3) is 0 Å². The minimum Gasteiger partial charge on any atom is -0.369 e. The van der Waals surface area contributed by atoms with Crippen LogP contribution >= 0.6 is 11.6 Å². The van der Waals surface area contributed by atoms with E-state index in [0.717, 1.165) is 44.0 Å². The van der Waals surface area contributed by atoms with Crippen LogP contribution in [0.25, 0.3) is 0 Å². The Morgan fingerprint density at radius 1 is 0.963 bits per heavy atom. The van der Waals surface area contributed by atoms with Crippen LogP contribution in [0.15, 0.2) is 47.4 Å². The zero-order chi connectivity index (χ0) is 19.4. The number of hydrogen-bond donors (Lipinski definition) is 1. The molecule has 1 aliphatic heterocycles. The van der Waals surface area contributed by atoms with E-state index in [1.165, 1.54) is 0 Å². The number of benzene rings is 2. The Labute approximate surface area is 162 Å². The molecule has 1 saturated heterocycles. The summed E-state index contributed by atoms with van der Waals surface area (Å²) in [6.07, 6.45) is 0. The molecule has 27 heavy (non-hydrogen) atoms. The van der Waals surface area contributed by atoms with E-state index in [1.54, 1.807) is 0 Å². The Balaban J connectivity index is 1.48. The summed E-state index contributed by atoms with van der Waals surface area (Å²) in [6, 6.07) is 9.90. The fourth-order valence-electron chi connectivity index (χ4n) is 2.99. The second kappa shape index (κ2) is 8.52. The molecule has 0 bridgehead atoms. The summed E-state index contributed by atoms with van der Waals surface area (Å²) in [5.41, 5.74) is 1.10. The van der Waals surface area contributed by atoms with Crippen molar-refractivity contribution in [1.82, 2.24) is 9.62 Å². The first kappa shape index (κ1) is 20.0. The van der Waals surface area contributed by atoms with E-state index in [2.05, 4.69) is 14.5 Å². The number of anilines is 1. The van der Waals surface area contributed by atoms with Crippen molar-refractivity contribution < 1.29 is 17.2 Å². The summed E-state index contributed by atoms with van der Waals surface area (Å²) < 4.78 is 53.2. The molecule has 1 heterocycles. The van der Waals surface area contributed by atoms with Gasteiger partial charge in [0, 0.05) is 56.0 Å². The van der Waals surface area contributed by atoms with Gasteiger partial charge in [-0.25, -0.2) is 21.9 Å². The lowest BCUT2D eigenvalue weighted by Crippen LogP contribution is -2.48. The van der Waals surface area contributed by atoms with E-state index in [0.29, 0.717) is 17.6 Å². The van der Waals surface area contributed by atoms with Crippen molar-refractivity contribution in [2.45, 2.75) is 4.90 Å². The van der Waals surface area contributed by atoms with Crippen molar-refractivity contribution in [3.8, 4) is 0 Å². The highest BCUT2D eigenvalue weighted by Gasteiger charge is 2.19. The second-order valence-electron chi connectivity index (χ2n) is 6.31. The van der Waals surface area contributed by atoms with Crippen LogP contribution < -0.4 is 9.62 Å². The summed E-state index contributed by atoms with van der Waals surface area (Å²) in [5, 5.41) is 0.697. The van der Waals surface area contributed by atoms with Gasteiger partial charge in [0.15, 0.2) is 0 Å². The van der Waals surface area contributed by atoms with Crippen molar-refractivity contribution >= 4 is 27.3 Å². The molecule has 0 amide bonds. The van der Waals surface area contributed by atoms with Crippen LogP contribution in [0.2, 0.25) is 5.02 Å². The van der Waals surface area contributed by atoms with E-state index < -0.39 is 26.6 Å². The van der Waals surface area contributed by atoms with Crippen LogP contribution in [0.3, 0.4) is 0 Å². The normalized spacial score (nSPS) is 15.9. The van der Waals surface area contributed by atoms with Crippen LogP contribution in [0.4, 0.5) is 14.5 Å². The van der Waals surface area contributed by atoms with Gasteiger partial charge in [-0.1, -0.05) is 11.6 Å². The van der Waals surface area contributed by atoms with Crippen molar-refractivity contribution in [3.05, 3.63) is 59.1 Å². The summed E-state index contributed by atoms with van der Waals surface area (Å²) in [6.45, 7) is 3.91. The summed E-state index contributed by atoms with van der Waals surface area (Å²) >= 11 is 5.90. The standard InChI is InChI=1S/C18H20ClF2N3O2S/c19-14-1-3-17(4-2-14)24-9-7-23(8-10-24)6-5-22-27(25,26)18-12-15(20)11-16(21)13-18/h1-4,11-13,22H,5-10H2. The topological polar surface area (TPSA) is 52.7 Å². The van der Waals surface area contributed by atoms with Gasteiger partial charge in [-0.3, -0.25) is 4.90 Å². The predicted molar refractivity (Wildman–Crippen MR) is 102 cm³/mol. The average Bonchev–Trinajstić information content (AvgIpc) is 2.62. The molecule has 5 nitrogen and oxygen atoms in total. The van der Waals surface area contributed by atoms with E-state index in [1.807, 2.05) is 24.3 Å². The smallest absolute Gasteiger partial charge is 0.240 e. The largest absolute Gasteiger partial charge is 0.369 e. The molecule has 3 rings (SSSR count). The van der Waals surface area contributed by atoms with Gasteiger partial charge in [-0.05, 0) is 36.4 Å². The number of hydrogen-bond acceptors (Lipinski definition) is 4. The van der Waals surface area contributed by atoms with Crippen LogP contribution in [-0.4, -0.2) is 52.6 Å². The zero-order valence-corrected chi connectivity index (χ0v) is 16.1. The fraction of sp³-hybridized carbons (Fsp3) is 0.333. The van der Waals surface area contributed by atoms with Gasteiger partial charge in [0.1, 0.15) is 11.6 Å². The highest BCUT2D eigenvalue weighted by Crippen LogP contribution is 2.19. The van der Waals surface area contributed by atoms with Gasteiger partial charge in [0.2, 0.25) is 10.0 Å². The maximum Gasteiger partial charge on any atom is 0.240 e. The minimum absolute atomic E-state index is 0.168. The van der Waals surface area contributed by atoms with Gasteiger partial charge in [0.05, 0.1) is 4.90 Å². The minimum atomic E-state index is -3.94. The van der Waals surface area contributed by atoms with Crippen LogP contribution in [-0.2, 0) is 10.0 Å². The van der Waals surface area contributed by atoms with E-state index in [4.69, 9.17) is 11.6 Å². The molecule has 2 aromatic carbocycles. The Bertz CT molecular complexity index is 866. The van der Waals surface area contributed by atoms with Gasteiger partial charge in [-0.2, -0.15) is 0 Å². The summed E-state index contributed by atoms with van der Waals surface area (Å²) in [7, 11) is -3.94. The van der Waals surface area contributed by atoms with E-state index in [9.17, 15) is 17.2 Å². The number of sulfonamides is 1. The molecule has 9 heteroatoms. The average molecular weight is 416 g/mol. The summed E-state index contributed by atoms with van der Waals surface area (Å²) in [4.78, 5) is 3.97. The van der Waals surface area contributed by atoms with Gasteiger partial charge >= 0.3 is 0 Å². The number of rotatable bonds is 6. The molecular weight excluding hydrogens is 396 g/mol. The number of nitrogens with zero attached hydrogens (tertiary/aromatic N) is 2. The molecule has 1 fully saturated rings. The second-order valence-corrected chi connectivity index (χ2v) is 8.51. The maximum atomic E-state index is 13.2. The molecule has 0 radical (unpaired) electrons. The van der Waals surface area contributed by atoms with E-state index >= 15 is 0 Å². The molecule has 1 aliphatic rings. The molecular formula is C18H20ClF2N3O2S. The molecule has 0 aliphatic carbocycles. The van der Waals surface area contributed by atoms with Crippen molar-refractivity contribution in [2.75, 3.05) is 44.2 Å². The lowest BCUT2D eigenvalue weighted by molar-refractivity contribution is 0.262. The lowest BCUT2D eigenvalue weighted by atomic mass is 10.2. The molecule has 0 unspecified atom stereocenters. The third kappa shape index (κ3) is 5.38. The van der Waals surface area contributed by atoms with E-state index in [-0.39, 0.29) is 6.54 Å². The molecule has 2 aromatic rings. The van der Waals surface area contributed by atoms with Crippen molar-refractivity contribution in [1.29, 1.82) is 0 Å². The molecule has 0 saturated carbocycles. The number of halogens is 3. The Kier molecular flexibility index (Phi) is 6.31. The molecule has 0 aromatic heterocycles. The van der Waals surface area contributed by atoms with Crippen LogP contribution in [0, 0.1) is 11.6 Å². The first-order chi connectivity index (χ1) is 12.8. The monoisotopic (exact) mass is 415 g/mol. The Morgan fingerprint density at radius 2 is 1.56 bits per heavy atom. The quantitative estimate of drug-likeness (QED) is 0.788. The van der Waals surface area contributed by atoms with Crippen LogP contribution in [0.5, 0.6) is 0 Å². The third-order valence-corrected chi connectivity index (χ3v) is 6.12. The van der Waals surface area contributed by atoms with Gasteiger partial charge < -0.3 is 4.90 Å². The molecule has 0 spiro atoms. The highest BCUT2D eigenvalue weighted by molar-refractivity contribution is 7.89. The lowest BCUT2D eigenvalue weighted by Gasteiger charge is -2.36. The number of piperazine rings is 1. The zero-order valence-electron chi connectivity index (χ0n) is 14.5. The molecule has 1 N–H and O–H groups in total. The molecule has 0 atom stereocenters. The highest BCUT2D eigenvalue weighted by atomic mass is 35.5. The summed E-state index contributed by atoms with van der Waals surface area (Å²) in [5.74, 6) is -1.85. The first-order valence-corrected chi connectivity index (χ1v) is 10.4. The Morgan fingerprint density at radius 3 is 2.15 bits per heavy atom. The number of nitrogens with one attached hydrogen (secondary N) is 1. The van der Waals surface area contributed by atoms with Crippen LogP contribution in [0.1, 0.15) is 0 Å². The predicted octanol–water partition coefficient (Wildman–Crippen LogP) is 2.72. The fourth-order valence-corrected chi connectivity index (χ4v) is 4.17. The van der Waals surface area contributed by atoms with Gasteiger partial charge in [-0.15, -0.1) is 0 Å². The first-order valence-electron chi connectivity index (χ1n) is 8.52. The maximum absolute atomic E-state index is 13.2. The third-order valence-electron chi connectivity index (χ3n) is 4.43. The SMILES string of the molecule is O=S(=O)(NCCN1CCN(c2ccc(Cl)cc2)CC1)c1cc(F)cc(F)c1. The van der Waals surface area contributed by atoms with Crippen molar-refractivity contribution in [2.24, 2.45) is 0 Å². The Hall–Kier alpha value is -1.74. The van der Waals surface area contributed by atoms with Crippen molar-refractivity contribution in [3.63, 3.8) is 0 Å².